The summed E-state index contributed by atoms with van der Waals surface area (Å²) in [4.78, 5) is 12.2. The predicted octanol–water partition coefficient (Wildman–Crippen LogP) is 1.83. The number of rotatable bonds is 5. The quantitative estimate of drug-likeness (QED) is 0.622. The lowest BCUT2D eigenvalue weighted by Gasteiger charge is -2.20. The molecular weight excluding hydrogens is 242 g/mol. The Morgan fingerprint density at radius 2 is 2.00 bits per heavy atom. The van der Waals surface area contributed by atoms with Gasteiger partial charge in [0.05, 0.1) is 0 Å². The zero-order chi connectivity index (χ0) is 12.0. The van der Waals surface area contributed by atoms with Crippen LogP contribution < -0.4 is 0 Å². The number of thiol groups is 1. The van der Waals surface area contributed by atoms with Crippen molar-refractivity contribution in [2.45, 2.75) is 6.42 Å². The van der Waals surface area contributed by atoms with Crippen molar-refractivity contribution >= 4 is 35.1 Å². The normalized spacial score (nSPS) is 9.81. The molecule has 1 N–H and O–H groups in total. The topological polar surface area (TPSA) is 40.5 Å². The van der Waals surface area contributed by atoms with E-state index in [1.165, 1.54) is 0 Å². The summed E-state index contributed by atoms with van der Waals surface area (Å²) in [6.45, 7) is 0.466. The van der Waals surface area contributed by atoms with Gasteiger partial charge < -0.3 is 10.0 Å². The Morgan fingerprint density at radius 1 is 1.38 bits per heavy atom. The first-order chi connectivity index (χ1) is 7.59. The zero-order valence-electron chi connectivity index (χ0n) is 8.67. The lowest BCUT2D eigenvalue weighted by molar-refractivity contribution is -0.137. The molecule has 16 heavy (non-hydrogen) atoms. The molecular formula is C11H13NO2S2. The van der Waals surface area contributed by atoms with Crippen LogP contribution in [0.15, 0.2) is 30.3 Å². The maximum atomic E-state index is 10.6. The van der Waals surface area contributed by atoms with Crippen LogP contribution in [0.3, 0.4) is 0 Å². The van der Waals surface area contributed by atoms with Crippen LogP contribution in [0.2, 0.25) is 0 Å². The molecule has 3 nitrogen and oxygen atoms in total. The van der Waals surface area contributed by atoms with E-state index in [1.807, 2.05) is 30.3 Å². The van der Waals surface area contributed by atoms with E-state index in [0.717, 1.165) is 12.0 Å². The molecule has 0 spiro atoms. The first kappa shape index (κ1) is 13.0. The summed E-state index contributed by atoms with van der Waals surface area (Å²) >= 11 is 8.89. The number of nitrogens with zero attached hydrogens (tertiary/aromatic N) is 1. The Bertz CT molecular complexity index is 368. The van der Waals surface area contributed by atoms with Crippen LogP contribution in [0.4, 0.5) is 0 Å². The van der Waals surface area contributed by atoms with Crippen molar-refractivity contribution in [2.24, 2.45) is 0 Å². The maximum absolute atomic E-state index is 10.6. The van der Waals surface area contributed by atoms with Crippen LogP contribution in [0, 0.1) is 0 Å². The molecule has 1 aromatic carbocycles. The van der Waals surface area contributed by atoms with Gasteiger partial charge >= 0.3 is 5.97 Å². The SMILES string of the molecule is O=C(O)CN(CCc1ccccc1)C(=S)S. The van der Waals surface area contributed by atoms with Crippen molar-refractivity contribution < 1.29 is 9.90 Å². The summed E-state index contributed by atoms with van der Waals surface area (Å²) < 4.78 is 0.318. The standard InChI is InChI=1S/C11H13NO2S2/c13-10(14)8-12(11(15)16)7-6-9-4-2-1-3-5-9/h1-5H,6-8H2,(H,13,14)(H,15,16). The highest BCUT2D eigenvalue weighted by Crippen LogP contribution is 2.03. The molecule has 1 rings (SSSR count). The second-order valence-corrected chi connectivity index (χ2v) is 4.45. The fourth-order valence-electron chi connectivity index (χ4n) is 1.31. The van der Waals surface area contributed by atoms with E-state index in [1.54, 1.807) is 4.90 Å². The van der Waals surface area contributed by atoms with Gasteiger partial charge in [0.25, 0.3) is 0 Å². The predicted molar refractivity (Wildman–Crippen MR) is 70.9 cm³/mol. The Morgan fingerprint density at radius 3 is 2.50 bits per heavy atom. The van der Waals surface area contributed by atoms with Gasteiger partial charge in [0, 0.05) is 6.54 Å². The van der Waals surface area contributed by atoms with Gasteiger partial charge in [0.2, 0.25) is 0 Å². The lowest BCUT2D eigenvalue weighted by Crippen LogP contribution is -2.33. The molecule has 0 saturated carbocycles. The number of benzene rings is 1. The largest absolute Gasteiger partial charge is 0.480 e. The number of hydrogen-bond donors (Lipinski definition) is 2. The van der Waals surface area contributed by atoms with E-state index < -0.39 is 5.97 Å². The Hall–Kier alpha value is -1.07. The second kappa shape index (κ2) is 6.50. The molecule has 0 unspecified atom stereocenters. The van der Waals surface area contributed by atoms with Gasteiger partial charge in [-0.25, -0.2) is 0 Å². The molecule has 0 bridgehead atoms. The molecule has 0 aliphatic carbocycles. The summed E-state index contributed by atoms with van der Waals surface area (Å²) in [7, 11) is 0. The summed E-state index contributed by atoms with van der Waals surface area (Å²) in [6.07, 6.45) is 0.759. The van der Waals surface area contributed by atoms with Gasteiger partial charge in [-0.15, -0.1) is 12.6 Å². The van der Waals surface area contributed by atoms with Gasteiger partial charge in [-0.2, -0.15) is 0 Å². The molecule has 0 heterocycles. The Kier molecular flexibility index (Phi) is 5.28. The smallest absolute Gasteiger partial charge is 0.323 e. The van der Waals surface area contributed by atoms with E-state index in [2.05, 4.69) is 12.6 Å². The number of carboxylic acids is 1. The van der Waals surface area contributed by atoms with Crippen molar-refractivity contribution in [3.05, 3.63) is 35.9 Å². The molecule has 0 aliphatic rings. The third kappa shape index (κ3) is 4.63. The Labute approximate surface area is 105 Å². The van der Waals surface area contributed by atoms with Crippen molar-refractivity contribution in [3.8, 4) is 0 Å². The molecule has 0 atom stereocenters. The second-order valence-electron chi connectivity index (χ2n) is 3.33. The summed E-state index contributed by atoms with van der Waals surface area (Å²) in [6, 6.07) is 9.86. The average Bonchev–Trinajstić information content (AvgIpc) is 2.25. The van der Waals surface area contributed by atoms with E-state index in [0.29, 0.717) is 10.9 Å². The Balaban J connectivity index is 2.50. The van der Waals surface area contributed by atoms with E-state index in [9.17, 15) is 4.79 Å². The highest BCUT2D eigenvalue weighted by molar-refractivity contribution is 8.10. The fraction of sp³-hybridized carbons (Fsp3) is 0.273. The van der Waals surface area contributed by atoms with Crippen LogP contribution in [0.25, 0.3) is 0 Å². The molecule has 0 aromatic heterocycles. The van der Waals surface area contributed by atoms with Crippen molar-refractivity contribution in [1.29, 1.82) is 0 Å². The number of aliphatic carboxylic acids is 1. The molecule has 5 heteroatoms. The summed E-state index contributed by atoms with van der Waals surface area (Å²) in [5.74, 6) is -0.899. The summed E-state index contributed by atoms with van der Waals surface area (Å²) in [5, 5.41) is 8.69. The average molecular weight is 255 g/mol. The molecule has 0 amide bonds. The zero-order valence-corrected chi connectivity index (χ0v) is 10.4. The van der Waals surface area contributed by atoms with Gasteiger partial charge in [0.1, 0.15) is 10.9 Å². The number of carbonyl (C=O) groups is 1. The van der Waals surface area contributed by atoms with Crippen molar-refractivity contribution in [2.75, 3.05) is 13.1 Å². The minimum Gasteiger partial charge on any atom is -0.480 e. The third-order valence-corrected chi connectivity index (χ3v) is 2.65. The van der Waals surface area contributed by atoms with Gasteiger partial charge in [0.15, 0.2) is 0 Å². The van der Waals surface area contributed by atoms with Crippen molar-refractivity contribution in [1.82, 2.24) is 4.90 Å². The van der Waals surface area contributed by atoms with E-state index in [4.69, 9.17) is 17.3 Å². The van der Waals surface area contributed by atoms with Gasteiger partial charge in [-0.3, -0.25) is 4.79 Å². The minimum atomic E-state index is -0.899. The number of hydrogen-bond acceptors (Lipinski definition) is 2. The van der Waals surface area contributed by atoms with Crippen LogP contribution in [-0.2, 0) is 11.2 Å². The van der Waals surface area contributed by atoms with E-state index >= 15 is 0 Å². The molecule has 1 aromatic rings. The lowest BCUT2D eigenvalue weighted by atomic mass is 10.1. The highest BCUT2D eigenvalue weighted by atomic mass is 32.1. The van der Waals surface area contributed by atoms with Crippen LogP contribution in [0.5, 0.6) is 0 Å². The number of thiocarbonyl (C=S) groups is 1. The monoisotopic (exact) mass is 255 g/mol. The molecule has 86 valence electrons. The van der Waals surface area contributed by atoms with E-state index in [-0.39, 0.29) is 6.54 Å². The maximum Gasteiger partial charge on any atom is 0.323 e. The first-order valence-corrected chi connectivity index (χ1v) is 5.68. The highest BCUT2D eigenvalue weighted by Gasteiger charge is 2.10. The summed E-state index contributed by atoms with van der Waals surface area (Å²) in [5.41, 5.74) is 1.16. The molecule has 0 aliphatic heterocycles. The minimum absolute atomic E-state index is 0.102. The number of carboxylic acid groups (broad SMARTS) is 1. The van der Waals surface area contributed by atoms with Crippen LogP contribution in [-0.4, -0.2) is 33.4 Å². The third-order valence-electron chi connectivity index (χ3n) is 2.11. The van der Waals surface area contributed by atoms with Gasteiger partial charge in [-0.05, 0) is 12.0 Å². The first-order valence-electron chi connectivity index (χ1n) is 4.83. The van der Waals surface area contributed by atoms with Crippen LogP contribution >= 0.6 is 24.8 Å². The molecule has 0 saturated heterocycles. The van der Waals surface area contributed by atoms with Gasteiger partial charge in [-0.1, -0.05) is 42.5 Å². The fourth-order valence-corrected chi connectivity index (χ4v) is 1.64. The molecule has 0 fully saturated rings. The van der Waals surface area contributed by atoms with Crippen molar-refractivity contribution in [3.63, 3.8) is 0 Å². The van der Waals surface area contributed by atoms with Crippen LogP contribution in [0.1, 0.15) is 5.56 Å². The molecule has 0 radical (unpaired) electrons.